The number of esters is 1. The van der Waals surface area contributed by atoms with Crippen LogP contribution in [-0.2, 0) is 4.74 Å². The van der Waals surface area contributed by atoms with E-state index in [-0.39, 0.29) is 5.69 Å². The van der Waals surface area contributed by atoms with Crippen LogP contribution in [0, 0.1) is 0 Å². The molecule has 2 rings (SSSR count). The molecule has 20 heavy (non-hydrogen) atoms. The maximum Gasteiger partial charge on any atom is 0.340 e. The highest BCUT2D eigenvalue weighted by molar-refractivity contribution is 9.10. The third kappa shape index (κ3) is 3.30. The Morgan fingerprint density at radius 1 is 1.25 bits per heavy atom. The zero-order chi connectivity index (χ0) is 14.5. The molecule has 0 bridgehead atoms. The van der Waals surface area contributed by atoms with Gasteiger partial charge >= 0.3 is 5.97 Å². The van der Waals surface area contributed by atoms with Crippen molar-refractivity contribution in [1.82, 2.24) is 0 Å². The van der Waals surface area contributed by atoms with Gasteiger partial charge in [-0.25, -0.2) is 4.79 Å². The predicted molar refractivity (Wildman–Crippen MR) is 81.0 cm³/mol. The van der Waals surface area contributed by atoms with E-state index in [4.69, 9.17) is 15.2 Å². The maximum absolute atomic E-state index is 11.8. The number of ether oxygens (including phenoxy) is 2. The largest absolute Gasteiger partial charge is 0.462 e. The highest BCUT2D eigenvalue weighted by atomic mass is 79.9. The number of benzene rings is 2. The van der Waals surface area contributed by atoms with Crippen molar-refractivity contribution in [2.45, 2.75) is 6.92 Å². The summed E-state index contributed by atoms with van der Waals surface area (Å²) >= 11 is 3.37. The number of carbonyl (C=O) groups is 1. The lowest BCUT2D eigenvalue weighted by Gasteiger charge is -2.11. The van der Waals surface area contributed by atoms with Gasteiger partial charge in [0, 0.05) is 4.47 Å². The molecule has 5 heteroatoms. The second-order valence-corrected chi connectivity index (χ2v) is 4.91. The summed E-state index contributed by atoms with van der Waals surface area (Å²) in [5.41, 5.74) is 6.54. The Labute approximate surface area is 125 Å². The van der Waals surface area contributed by atoms with Crippen molar-refractivity contribution in [1.29, 1.82) is 0 Å². The van der Waals surface area contributed by atoms with Gasteiger partial charge in [0.25, 0.3) is 0 Å². The molecule has 104 valence electrons. The number of rotatable bonds is 4. The molecule has 2 N–H and O–H groups in total. The van der Waals surface area contributed by atoms with Gasteiger partial charge in [-0.2, -0.15) is 0 Å². The number of nitrogens with two attached hydrogens (primary N) is 1. The Bertz CT molecular complexity index is 628. The minimum Gasteiger partial charge on any atom is -0.462 e. The third-order valence-electron chi connectivity index (χ3n) is 2.59. The SMILES string of the molecule is CCOC(=O)c1cccc(Oc2cccc(Br)c2)c1N. The summed E-state index contributed by atoms with van der Waals surface area (Å²) in [5, 5.41) is 0. The topological polar surface area (TPSA) is 61.5 Å². The summed E-state index contributed by atoms with van der Waals surface area (Å²) in [6.07, 6.45) is 0. The Balaban J connectivity index is 2.29. The van der Waals surface area contributed by atoms with Gasteiger partial charge < -0.3 is 15.2 Å². The summed E-state index contributed by atoms with van der Waals surface area (Å²) in [4.78, 5) is 11.8. The van der Waals surface area contributed by atoms with Gasteiger partial charge in [0.05, 0.1) is 17.9 Å². The van der Waals surface area contributed by atoms with Gasteiger partial charge in [0.15, 0.2) is 5.75 Å². The van der Waals surface area contributed by atoms with Gasteiger partial charge in [0.2, 0.25) is 0 Å². The third-order valence-corrected chi connectivity index (χ3v) is 3.08. The molecule has 0 heterocycles. The van der Waals surface area contributed by atoms with Gasteiger partial charge in [-0.05, 0) is 37.3 Å². The average Bonchev–Trinajstić information content (AvgIpc) is 2.41. The van der Waals surface area contributed by atoms with E-state index in [0.717, 1.165) is 4.47 Å². The van der Waals surface area contributed by atoms with Crippen molar-refractivity contribution in [3.05, 3.63) is 52.5 Å². The van der Waals surface area contributed by atoms with Crippen LogP contribution in [0.25, 0.3) is 0 Å². The molecule has 0 saturated heterocycles. The van der Waals surface area contributed by atoms with Gasteiger partial charge in [-0.15, -0.1) is 0 Å². The Hall–Kier alpha value is -2.01. The molecular formula is C15H14BrNO3. The van der Waals surface area contributed by atoms with Crippen LogP contribution in [0.3, 0.4) is 0 Å². The quantitative estimate of drug-likeness (QED) is 0.677. The summed E-state index contributed by atoms with van der Waals surface area (Å²) in [5.74, 6) is 0.602. The normalized spacial score (nSPS) is 10.1. The van der Waals surface area contributed by atoms with E-state index in [1.54, 1.807) is 31.2 Å². The fourth-order valence-electron chi connectivity index (χ4n) is 1.68. The average molecular weight is 336 g/mol. The molecule has 0 aromatic heterocycles. The second kappa shape index (κ2) is 6.43. The molecule has 0 radical (unpaired) electrons. The molecule has 0 saturated carbocycles. The minimum atomic E-state index is -0.454. The monoisotopic (exact) mass is 335 g/mol. The molecular weight excluding hydrogens is 322 g/mol. The van der Waals surface area contributed by atoms with E-state index in [9.17, 15) is 4.79 Å². The molecule has 0 aliphatic carbocycles. The van der Waals surface area contributed by atoms with Crippen LogP contribution in [0.15, 0.2) is 46.9 Å². The lowest BCUT2D eigenvalue weighted by atomic mass is 10.1. The Morgan fingerprint density at radius 3 is 2.70 bits per heavy atom. The van der Waals surface area contributed by atoms with Crippen molar-refractivity contribution in [3.8, 4) is 11.5 Å². The summed E-state index contributed by atoms with van der Waals surface area (Å²) in [7, 11) is 0. The fraction of sp³-hybridized carbons (Fsp3) is 0.133. The minimum absolute atomic E-state index is 0.269. The number of para-hydroxylation sites is 1. The predicted octanol–water partition coefficient (Wildman–Crippen LogP) is 4.00. The number of hydrogen-bond acceptors (Lipinski definition) is 4. The highest BCUT2D eigenvalue weighted by Crippen LogP contribution is 2.31. The van der Waals surface area contributed by atoms with Crippen LogP contribution >= 0.6 is 15.9 Å². The molecule has 0 fully saturated rings. The number of carbonyl (C=O) groups excluding carboxylic acids is 1. The first kappa shape index (κ1) is 14.4. The first-order valence-electron chi connectivity index (χ1n) is 6.11. The van der Waals surface area contributed by atoms with Gasteiger partial charge in [-0.1, -0.05) is 28.1 Å². The Morgan fingerprint density at radius 2 is 2.00 bits per heavy atom. The smallest absolute Gasteiger partial charge is 0.340 e. The van der Waals surface area contributed by atoms with Crippen molar-refractivity contribution in [2.24, 2.45) is 0 Å². The van der Waals surface area contributed by atoms with Crippen molar-refractivity contribution >= 4 is 27.6 Å². The van der Waals surface area contributed by atoms with E-state index >= 15 is 0 Å². The van der Waals surface area contributed by atoms with E-state index in [0.29, 0.717) is 23.7 Å². The molecule has 0 aliphatic heterocycles. The van der Waals surface area contributed by atoms with E-state index < -0.39 is 5.97 Å². The maximum atomic E-state index is 11.8. The van der Waals surface area contributed by atoms with Crippen LogP contribution < -0.4 is 10.5 Å². The van der Waals surface area contributed by atoms with Crippen LogP contribution in [0.4, 0.5) is 5.69 Å². The molecule has 0 unspecified atom stereocenters. The van der Waals surface area contributed by atoms with Crippen LogP contribution in [-0.4, -0.2) is 12.6 Å². The number of nitrogen functional groups attached to an aromatic ring is 1. The van der Waals surface area contributed by atoms with E-state index in [2.05, 4.69) is 15.9 Å². The molecule has 0 atom stereocenters. The lowest BCUT2D eigenvalue weighted by Crippen LogP contribution is -2.08. The molecule has 4 nitrogen and oxygen atoms in total. The highest BCUT2D eigenvalue weighted by Gasteiger charge is 2.14. The number of hydrogen-bond donors (Lipinski definition) is 1. The molecule has 0 spiro atoms. The molecule has 0 aliphatic rings. The fourth-order valence-corrected chi connectivity index (χ4v) is 2.06. The van der Waals surface area contributed by atoms with Crippen LogP contribution in [0.5, 0.6) is 11.5 Å². The zero-order valence-electron chi connectivity index (χ0n) is 10.9. The van der Waals surface area contributed by atoms with E-state index in [1.165, 1.54) is 0 Å². The molecule has 2 aromatic carbocycles. The first-order chi connectivity index (χ1) is 9.61. The first-order valence-corrected chi connectivity index (χ1v) is 6.90. The summed E-state index contributed by atoms with van der Waals surface area (Å²) in [6, 6.07) is 12.4. The van der Waals surface area contributed by atoms with Gasteiger partial charge in [-0.3, -0.25) is 0 Å². The Kier molecular flexibility index (Phi) is 4.63. The van der Waals surface area contributed by atoms with Crippen LogP contribution in [0.1, 0.15) is 17.3 Å². The number of anilines is 1. The molecule has 2 aromatic rings. The number of halogens is 1. The summed E-state index contributed by atoms with van der Waals surface area (Å²) < 4.78 is 11.5. The lowest BCUT2D eigenvalue weighted by molar-refractivity contribution is 0.0527. The molecule has 0 amide bonds. The van der Waals surface area contributed by atoms with Crippen molar-refractivity contribution in [3.63, 3.8) is 0 Å². The van der Waals surface area contributed by atoms with E-state index in [1.807, 2.05) is 18.2 Å². The van der Waals surface area contributed by atoms with Gasteiger partial charge in [0.1, 0.15) is 5.75 Å². The zero-order valence-corrected chi connectivity index (χ0v) is 12.5. The van der Waals surface area contributed by atoms with Crippen molar-refractivity contribution < 1.29 is 14.3 Å². The van der Waals surface area contributed by atoms with Crippen molar-refractivity contribution in [2.75, 3.05) is 12.3 Å². The van der Waals surface area contributed by atoms with Crippen LogP contribution in [0.2, 0.25) is 0 Å². The summed E-state index contributed by atoms with van der Waals surface area (Å²) in [6.45, 7) is 2.05. The second-order valence-electron chi connectivity index (χ2n) is 4.00. The standard InChI is InChI=1S/C15H14BrNO3/c1-2-19-15(18)12-7-4-8-13(14(12)17)20-11-6-3-5-10(16)9-11/h3-9H,2,17H2,1H3.